The molecule has 0 spiro atoms. The number of carbonyl (C=O) groups excluding carboxylic acids is 1. The average molecular weight is 294 g/mol. The van der Waals surface area contributed by atoms with Crippen LogP contribution in [0.5, 0.6) is 0 Å². The van der Waals surface area contributed by atoms with Crippen LogP contribution in [0.3, 0.4) is 0 Å². The minimum Gasteiger partial charge on any atom is -0.476 e. The van der Waals surface area contributed by atoms with E-state index in [2.05, 4.69) is 20.8 Å². The Kier molecular flexibility index (Phi) is 4.28. The summed E-state index contributed by atoms with van der Waals surface area (Å²) < 4.78 is 6.06. The number of aryl methyl sites for hydroxylation is 1. The minimum atomic E-state index is -1.21. The fourth-order valence-corrected chi connectivity index (χ4v) is 1.75. The Morgan fingerprint density at radius 1 is 1.52 bits per heavy atom. The molecule has 1 amide bonds. The Bertz CT molecular complexity index is 661. The summed E-state index contributed by atoms with van der Waals surface area (Å²) in [5, 5.41) is 22.3. The number of anilines is 1. The number of rotatable bonds is 6. The SMILES string of the molecule is Cc1cc(NC(=O)Cn2nnc(C(=O)O)c2CCN)on1. The number of aromatic carboxylic acids is 1. The summed E-state index contributed by atoms with van der Waals surface area (Å²) in [5.74, 6) is -1.45. The van der Waals surface area contributed by atoms with E-state index in [0.717, 1.165) is 0 Å². The molecule has 2 aromatic rings. The normalized spacial score (nSPS) is 10.6. The monoisotopic (exact) mass is 294 g/mol. The van der Waals surface area contributed by atoms with Gasteiger partial charge in [0.05, 0.1) is 11.4 Å². The zero-order valence-electron chi connectivity index (χ0n) is 11.2. The van der Waals surface area contributed by atoms with Gasteiger partial charge in [-0.2, -0.15) is 0 Å². The number of carboxylic acid groups (broad SMARTS) is 1. The van der Waals surface area contributed by atoms with Crippen molar-refractivity contribution >= 4 is 17.8 Å². The zero-order chi connectivity index (χ0) is 15.4. The minimum absolute atomic E-state index is 0.199. The average Bonchev–Trinajstić information content (AvgIpc) is 2.97. The standard InChI is InChI=1S/C11H14N6O4/c1-6-4-9(21-15-6)13-8(18)5-17-7(2-3-12)10(11(19)20)14-16-17/h4H,2-3,5,12H2,1H3,(H,13,18)(H,19,20). The van der Waals surface area contributed by atoms with E-state index in [0.29, 0.717) is 11.4 Å². The van der Waals surface area contributed by atoms with Crippen LogP contribution in [0.1, 0.15) is 21.9 Å². The van der Waals surface area contributed by atoms with Crippen molar-refractivity contribution < 1.29 is 19.2 Å². The number of hydrogen-bond acceptors (Lipinski definition) is 7. The topological polar surface area (TPSA) is 149 Å². The van der Waals surface area contributed by atoms with Gasteiger partial charge in [-0.05, 0) is 13.5 Å². The number of nitrogens with zero attached hydrogens (tertiary/aromatic N) is 4. The molecule has 10 heteroatoms. The van der Waals surface area contributed by atoms with Gasteiger partial charge in [0.2, 0.25) is 11.8 Å². The number of hydrogen-bond donors (Lipinski definition) is 3. The van der Waals surface area contributed by atoms with Crippen LogP contribution < -0.4 is 11.1 Å². The summed E-state index contributed by atoms with van der Waals surface area (Å²) in [6, 6.07) is 1.56. The van der Waals surface area contributed by atoms with Crippen molar-refractivity contribution in [1.82, 2.24) is 20.2 Å². The molecule has 2 heterocycles. The molecule has 0 aliphatic heterocycles. The van der Waals surface area contributed by atoms with Crippen LogP contribution in [0, 0.1) is 6.92 Å². The number of carboxylic acids is 1. The van der Waals surface area contributed by atoms with Crippen LogP contribution >= 0.6 is 0 Å². The Labute approximate surface area is 118 Å². The molecular weight excluding hydrogens is 280 g/mol. The molecule has 10 nitrogen and oxygen atoms in total. The van der Waals surface area contributed by atoms with Crippen LogP contribution in [0.4, 0.5) is 5.88 Å². The maximum Gasteiger partial charge on any atom is 0.358 e. The molecule has 0 atom stereocenters. The van der Waals surface area contributed by atoms with Gasteiger partial charge in [-0.1, -0.05) is 10.4 Å². The van der Waals surface area contributed by atoms with E-state index in [-0.39, 0.29) is 31.1 Å². The second kappa shape index (κ2) is 6.13. The van der Waals surface area contributed by atoms with Crippen molar-refractivity contribution in [3.63, 3.8) is 0 Å². The molecule has 4 N–H and O–H groups in total. The Morgan fingerprint density at radius 3 is 2.86 bits per heavy atom. The van der Waals surface area contributed by atoms with Gasteiger partial charge in [0.25, 0.3) is 0 Å². The molecule has 112 valence electrons. The molecule has 21 heavy (non-hydrogen) atoms. The Morgan fingerprint density at radius 2 is 2.29 bits per heavy atom. The molecule has 0 radical (unpaired) electrons. The molecule has 0 aromatic carbocycles. The molecule has 0 saturated carbocycles. The lowest BCUT2D eigenvalue weighted by Gasteiger charge is -2.05. The van der Waals surface area contributed by atoms with Crippen LogP contribution in [0.25, 0.3) is 0 Å². The highest BCUT2D eigenvalue weighted by Crippen LogP contribution is 2.10. The Balaban J connectivity index is 2.11. The van der Waals surface area contributed by atoms with Crippen molar-refractivity contribution in [2.24, 2.45) is 5.73 Å². The van der Waals surface area contributed by atoms with Crippen LogP contribution in [0.2, 0.25) is 0 Å². The number of aromatic nitrogens is 4. The van der Waals surface area contributed by atoms with Gasteiger partial charge in [-0.3, -0.25) is 10.1 Å². The zero-order valence-corrected chi connectivity index (χ0v) is 11.2. The molecule has 0 aliphatic rings. The summed E-state index contributed by atoms with van der Waals surface area (Å²) in [7, 11) is 0. The van der Waals surface area contributed by atoms with Crippen LogP contribution in [0.15, 0.2) is 10.6 Å². The van der Waals surface area contributed by atoms with E-state index in [1.165, 1.54) is 4.68 Å². The second-order valence-corrected chi connectivity index (χ2v) is 4.27. The van der Waals surface area contributed by atoms with Crippen molar-refractivity contribution in [2.75, 3.05) is 11.9 Å². The van der Waals surface area contributed by atoms with Crippen molar-refractivity contribution in [1.29, 1.82) is 0 Å². The van der Waals surface area contributed by atoms with Gasteiger partial charge in [0.15, 0.2) is 5.69 Å². The summed E-state index contributed by atoms with van der Waals surface area (Å²) in [6.07, 6.45) is 0.253. The van der Waals surface area contributed by atoms with Gasteiger partial charge in [0.1, 0.15) is 6.54 Å². The highest BCUT2D eigenvalue weighted by Gasteiger charge is 2.20. The van der Waals surface area contributed by atoms with Gasteiger partial charge in [-0.15, -0.1) is 5.10 Å². The number of nitrogens with one attached hydrogen (secondary N) is 1. The first kappa shape index (κ1) is 14.7. The first-order chi connectivity index (χ1) is 10.0. The van der Waals surface area contributed by atoms with E-state index in [1.807, 2.05) is 0 Å². The molecular formula is C11H14N6O4. The summed E-state index contributed by atoms with van der Waals surface area (Å²) >= 11 is 0. The van der Waals surface area contributed by atoms with Gasteiger partial charge in [0, 0.05) is 12.5 Å². The van der Waals surface area contributed by atoms with Crippen LogP contribution in [-0.4, -0.2) is 43.7 Å². The fraction of sp³-hybridized carbons (Fsp3) is 0.364. The number of nitrogens with two attached hydrogens (primary N) is 1. The van der Waals surface area contributed by atoms with Gasteiger partial charge >= 0.3 is 5.97 Å². The quantitative estimate of drug-likeness (QED) is 0.640. The highest BCUT2D eigenvalue weighted by atomic mass is 16.5. The third-order valence-electron chi connectivity index (χ3n) is 2.61. The molecule has 2 rings (SSSR count). The van der Waals surface area contributed by atoms with E-state index in [9.17, 15) is 9.59 Å². The lowest BCUT2D eigenvalue weighted by molar-refractivity contribution is -0.117. The maximum atomic E-state index is 11.9. The van der Waals surface area contributed by atoms with E-state index < -0.39 is 11.9 Å². The van der Waals surface area contributed by atoms with Crippen molar-refractivity contribution in [2.45, 2.75) is 19.9 Å². The first-order valence-electron chi connectivity index (χ1n) is 6.10. The number of amides is 1. The first-order valence-corrected chi connectivity index (χ1v) is 6.10. The van der Waals surface area contributed by atoms with E-state index in [4.69, 9.17) is 15.4 Å². The smallest absolute Gasteiger partial charge is 0.358 e. The van der Waals surface area contributed by atoms with E-state index >= 15 is 0 Å². The third kappa shape index (κ3) is 3.42. The summed E-state index contributed by atoms with van der Waals surface area (Å²) in [4.78, 5) is 22.9. The maximum absolute atomic E-state index is 11.9. The van der Waals surface area contributed by atoms with Gasteiger partial charge < -0.3 is 15.4 Å². The molecule has 0 bridgehead atoms. The highest BCUT2D eigenvalue weighted by molar-refractivity contribution is 5.90. The van der Waals surface area contributed by atoms with Crippen molar-refractivity contribution in [3.8, 4) is 0 Å². The van der Waals surface area contributed by atoms with Crippen LogP contribution in [-0.2, 0) is 17.8 Å². The molecule has 0 fully saturated rings. The molecule has 0 saturated heterocycles. The van der Waals surface area contributed by atoms with E-state index in [1.54, 1.807) is 13.0 Å². The summed E-state index contributed by atoms with van der Waals surface area (Å²) in [6.45, 7) is 1.74. The predicted molar refractivity (Wildman–Crippen MR) is 69.6 cm³/mol. The lowest BCUT2D eigenvalue weighted by atomic mass is 10.2. The van der Waals surface area contributed by atoms with Gasteiger partial charge in [-0.25, -0.2) is 9.48 Å². The summed E-state index contributed by atoms with van der Waals surface area (Å²) in [5.41, 5.74) is 6.15. The molecule has 0 unspecified atom stereocenters. The molecule has 0 aliphatic carbocycles. The van der Waals surface area contributed by atoms with Crippen molar-refractivity contribution in [3.05, 3.63) is 23.1 Å². The largest absolute Gasteiger partial charge is 0.476 e. The fourth-order valence-electron chi connectivity index (χ4n) is 1.75. The molecule has 2 aromatic heterocycles. The lowest BCUT2D eigenvalue weighted by Crippen LogP contribution is -2.22. The Hall–Kier alpha value is -2.75. The predicted octanol–water partition coefficient (Wildman–Crippen LogP) is -0.587. The second-order valence-electron chi connectivity index (χ2n) is 4.27. The number of carbonyl (C=O) groups is 2. The third-order valence-corrected chi connectivity index (χ3v) is 2.61.